The second-order valence-electron chi connectivity index (χ2n) is 8.45. The van der Waals surface area contributed by atoms with Crippen molar-refractivity contribution in [1.82, 2.24) is 4.90 Å². The zero-order chi connectivity index (χ0) is 21.9. The molecule has 1 aromatic rings. The molecule has 30 heavy (non-hydrogen) atoms. The lowest BCUT2D eigenvalue weighted by Crippen LogP contribution is -2.51. The first-order chi connectivity index (χ1) is 14.1. The number of primary amides is 1. The summed E-state index contributed by atoms with van der Waals surface area (Å²) in [5.41, 5.74) is 5.84. The molecule has 1 fully saturated rings. The van der Waals surface area contributed by atoms with Crippen LogP contribution < -0.4 is 5.73 Å². The molecule has 8 heteroatoms. The highest BCUT2D eigenvalue weighted by Gasteiger charge is 2.53. The van der Waals surface area contributed by atoms with Crippen molar-refractivity contribution in [3.63, 3.8) is 0 Å². The SMILES string of the molecule is CN(C)[C@@H]1C(O)=C(C(N)=O)C(=O)C2C(=O)C3=C(O)c4c(O)cccc4C[C@H]3CC[C@H]21. The molecule has 0 spiro atoms. The molecule has 8 nitrogen and oxygen atoms in total. The minimum atomic E-state index is -1.23. The molecule has 0 aliphatic heterocycles. The van der Waals surface area contributed by atoms with E-state index < -0.39 is 46.7 Å². The maximum Gasteiger partial charge on any atom is 0.255 e. The fraction of sp³-hybridized carbons (Fsp3) is 0.409. The molecule has 1 aromatic carbocycles. The maximum absolute atomic E-state index is 13.6. The molecule has 1 amide bonds. The molecule has 5 N–H and O–H groups in total. The largest absolute Gasteiger partial charge is 0.510 e. The normalized spacial score (nSPS) is 28.8. The number of phenols is 1. The van der Waals surface area contributed by atoms with Crippen molar-refractivity contribution in [2.24, 2.45) is 23.5 Å². The van der Waals surface area contributed by atoms with Crippen molar-refractivity contribution in [3.05, 3.63) is 46.2 Å². The number of nitrogens with zero attached hydrogens (tertiary/aromatic N) is 1. The lowest BCUT2D eigenvalue weighted by molar-refractivity contribution is -0.134. The van der Waals surface area contributed by atoms with Gasteiger partial charge in [0.15, 0.2) is 11.6 Å². The number of likely N-dealkylation sites (N-methyl/N-ethyl adjacent to an activating group) is 1. The van der Waals surface area contributed by atoms with Crippen LogP contribution in [0.2, 0.25) is 0 Å². The number of Topliss-reactive ketones (excluding diaryl/α,β-unsaturated/α-hetero) is 2. The van der Waals surface area contributed by atoms with E-state index in [0.29, 0.717) is 19.3 Å². The average molecular weight is 412 g/mol. The Balaban J connectivity index is 1.90. The van der Waals surface area contributed by atoms with Gasteiger partial charge in [0.2, 0.25) is 0 Å². The molecule has 3 aliphatic carbocycles. The molecule has 0 bridgehead atoms. The Kier molecular flexibility index (Phi) is 4.69. The van der Waals surface area contributed by atoms with Gasteiger partial charge < -0.3 is 21.1 Å². The van der Waals surface area contributed by atoms with Crippen molar-refractivity contribution in [3.8, 4) is 5.75 Å². The quantitative estimate of drug-likeness (QED) is 0.423. The third-order valence-corrected chi connectivity index (χ3v) is 6.59. The summed E-state index contributed by atoms with van der Waals surface area (Å²) >= 11 is 0. The summed E-state index contributed by atoms with van der Waals surface area (Å²) in [6.45, 7) is 0. The van der Waals surface area contributed by atoms with E-state index in [2.05, 4.69) is 0 Å². The van der Waals surface area contributed by atoms with Crippen LogP contribution in [0, 0.1) is 17.8 Å². The first kappa shape index (κ1) is 20.2. The monoisotopic (exact) mass is 412 g/mol. The summed E-state index contributed by atoms with van der Waals surface area (Å²) in [5.74, 6) is -5.45. The van der Waals surface area contributed by atoms with Gasteiger partial charge in [0.1, 0.15) is 22.8 Å². The van der Waals surface area contributed by atoms with E-state index in [1.54, 1.807) is 31.1 Å². The minimum Gasteiger partial charge on any atom is -0.510 e. The highest BCUT2D eigenvalue weighted by atomic mass is 16.3. The number of allylic oxidation sites excluding steroid dienone is 1. The Labute approximate surface area is 173 Å². The summed E-state index contributed by atoms with van der Waals surface area (Å²) in [6, 6.07) is 4.17. The van der Waals surface area contributed by atoms with Gasteiger partial charge in [-0.15, -0.1) is 0 Å². The highest BCUT2D eigenvalue weighted by Crippen LogP contribution is 2.48. The van der Waals surface area contributed by atoms with Crippen LogP contribution in [0.4, 0.5) is 0 Å². The molecule has 4 atom stereocenters. The Morgan fingerprint density at radius 3 is 2.43 bits per heavy atom. The van der Waals surface area contributed by atoms with Crippen LogP contribution >= 0.6 is 0 Å². The van der Waals surface area contributed by atoms with Gasteiger partial charge in [-0.1, -0.05) is 12.1 Å². The number of amides is 1. The van der Waals surface area contributed by atoms with E-state index in [0.717, 1.165) is 5.56 Å². The maximum atomic E-state index is 13.6. The fourth-order valence-electron chi connectivity index (χ4n) is 5.37. The van der Waals surface area contributed by atoms with Crippen molar-refractivity contribution in [2.45, 2.75) is 25.3 Å². The summed E-state index contributed by atoms with van der Waals surface area (Å²) in [6.07, 6.45) is 1.39. The number of aliphatic hydroxyl groups excluding tert-OH is 2. The average Bonchev–Trinajstić information content (AvgIpc) is 2.78. The number of phenolic OH excluding ortho intramolecular Hbond substituents is 1. The smallest absolute Gasteiger partial charge is 0.255 e. The van der Waals surface area contributed by atoms with Gasteiger partial charge in [-0.2, -0.15) is 0 Å². The van der Waals surface area contributed by atoms with Gasteiger partial charge in [0, 0.05) is 5.57 Å². The summed E-state index contributed by atoms with van der Waals surface area (Å²) in [5, 5.41) is 31.8. The van der Waals surface area contributed by atoms with Crippen LogP contribution in [0.5, 0.6) is 5.75 Å². The first-order valence-corrected chi connectivity index (χ1v) is 9.87. The lowest BCUT2D eigenvalue weighted by atomic mass is 9.70. The van der Waals surface area contributed by atoms with Crippen molar-refractivity contribution < 1.29 is 29.7 Å². The summed E-state index contributed by atoms with van der Waals surface area (Å²) in [4.78, 5) is 40.3. The molecule has 3 aliphatic rings. The second-order valence-corrected chi connectivity index (χ2v) is 8.45. The van der Waals surface area contributed by atoms with Crippen molar-refractivity contribution >= 4 is 23.2 Å². The number of aliphatic hydroxyl groups is 2. The van der Waals surface area contributed by atoms with E-state index in [9.17, 15) is 29.7 Å². The number of fused-ring (bicyclic) bond motifs is 3. The molecular weight excluding hydrogens is 388 g/mol. The first-order valence-electron chi connectivity index (χ1n) is 9.87. The predicted molar refractivity (Wildman–Crippen MR) is 107 cm³/mol. The lowest BCUT2D eigenvalue weighted by Gasteiger charge is -2.39. The van der Waals surface area contributed by atoms with Gasteiger partial charge in [-0.05, 0) is 56.8 Å². The fourth-order valence-corrected chi connectivity index (χ4v) is 5.37. The van der Waals surface area contributed by atoms with Gasteiger partial charge in [0.05, 0.1) is 17.5 Å². The Morgan fingerprint density at radius 1 is 1.10 bits per heavy atom. The number of aromatic hydroxyl groups is 1. The third-order valence-electron chi connectivity index (χ3n) is 6.59. The zero-order valence-electron chi connectivity index (χ0n) is 16.8. The Bertz CT molecular complexity index is 1040. The molecule has 0 heterocycles. The van der Waals surface area contributed by atoms with Gasteiger partial charge in [0.25, 0.3) is 5.91 Å². The second kappa shape index (κ2) is 6.98. The number of ketones is 2. The number of carbonyl (C=O) groups is 3. The molecule has 0 radical (unpaired) electrons. The Hall–Kier alpha value is -3.13. The molecule has 158 valence electrons. The highest BCUT2D eigenvalue weighted by molar-refractivity contribution is 6.28. The van der Waals surface area contributed by atoms with E-state index >= 15 is 0 Å². The summed E-state index contributed by atoms with van der Waals surface area (Å²) < 4.78 is 0. The summed E-state index contributed by atoms with van der Waals surface area (Å²) in [7, 11) is 3.39. The van der Waals surface area contributed by atoms with E-state index in [1.807, 2.05) is 0 Å². The number of benzene rings is 1. The number of rotatable bonds is 2. The van der Waals surface area contributed by atoms with Crippen LogP contribution in [-0.4, -0.2) is 57.8 Å². The van der Waals surface area contributed by atoms with Crippen LogP contribution in [0.25, 0.3) is 5.76 Å². The van der Waals surface area contributed by atoms with E-state index in [1.165, 1.54) is 6.07 Å². The predicted octanol–water partition coefficient (Wildman–Crippen LogP) is 1.24. The zero-order valence-corrected chi connectivity index (χ0v) is 16.8. The van der Waals surface area contributed by atoms with Crippen molar-refractivity contribution in [2.75, 3.05) is 14.1 Å². The third kappa shape index (κ3) is 2.74. The standard InChI is InChI=1S/C22H24N2O6/c1-24(2)17-11-7-6-10-8-9-4-3-5-12(25)13(9)18(26)14(10)19(27)15(11)20(28)16(21(17)29)22(23)30/h3-5,10-11,15,17,25-26,29H,6-8H2,1-2H3,(H2,23,30)/t10-,11-,15?,17+/m1/s1. The van der Waals surface area contributed by atoms with Crippen molar-refractivity contribution in [1.29, 1.82) is 0 Å². The van der Waals surface area contributed by atoms with Crippen LogP contribution in [-0.2, 0) is 20.8 Å². The molecule has 4 rings (SSSR count). The van der Waals surface area contributed by atoms with Gasteiger partial charge in [-0.25, -0.2) is 0 Å². The number of hydrogen-bond acceptors (Lipinski definition) is 7. The van der Waals surface area contributed by atoms with Crippen LogP contribution in [0.15, 0.2) is 35.1 Å². The van der Waals surface area contributed by atoms with E-state index in [-0.39, 0.29) is 28.6 Å². The molecule has 0 aromatic heterocycles. The molecular formula is C22H24N2O6. The van der Waals surface area contributed by atoms with Crippen LogP contribution in [0.3, 0.4) is 0 Å². The number of carbonyl (C=O) groups excluding carboxylic acids is 3. The van der Waals surface area contributed by atoms with Crippen LogP contribution in [0.1, 0.15) is 24.0 Å². The minimum absolute atomic E-state index is 0.104. The molecule has 1 unspecified atom stereocenters. The molecule has 0 saturated heterocycles. The number of nitrogens with two attached hydrogens (primary N) is 1. The number of hydrogen-bond donors (Lipinski definition) is 4. The van der Waals surface area contributed by atoms with Gasteiger partial charge >= 0.3 is 0 Å². The molecule has 1 saturated carbocycles. The van der Waals surface area contributed by atoms with Gasteiger partial charge in [-0.3, -0.25) is 19.3 Å². The van der Waals surface area contributed by atoms with E-state index in [4.69, 9.17) is 5.73 Å². The topological polar surface area (TPSA) is 141 Å². The Morgan fingerprint density at radius 2 is 1.80 bits per heavy atom.